The lowest BCUT2D eigenvalue weighted by Gasteiger charge is -2.21. The van der Waals surface area contributed by atoms with Crippen LogP contribution in [0.4, 0.5) is 4.39 Å². The zero-order chi connectivity index (χ0) is 22.0. The number of rotatable bonds is 8. The molecule has 0 bridgehead atoms. The summed E-state index contributed by atoms with van der Waals surface area (Å²) >= 11 is 1.36. The number of aromatic nitrogens is 3. The van der Waals surface area contributed by atoms with Gasteiger partial charge in [-0.05, 0) is 63.7 Å². The van der Waals surface area contributed by atoms with E-state index in [0.717, 1.165) is 29.9 Å². The average Bonchev–Trinajstić information content (AvgIpc) is 3.49. The summed E-state index contributed by atoms with van der Waals surface area (Å²) in [5, 5.41) is 12.1. The van der Waals surface area contributed by atoms with Crippen molar-refractivity contribution in [3.8, 4) is 5.69 Å². The summed E-state index contributed by atoms with van der Waals surface area (Å²) in [7, 11) is 3.94. The molecule has 2 unspecified atom stereocenters. The van der Waals surface area contributed by atoms with Gasteiger partial charge in [0.05, 0.1) is 6.04 Å². The van der Waals surface area contributed by atoms with Gasteiger partial charge >= 0.3 is 0 Å². The smallest absolute Gasteiger partial charge is 0.238 e. The van der Waals surface area contributed by atoms with Crippen molar-refractivity contribution in [1.82, 2.24) is 25.0 Å². The van der Waals surface area contributed by atoms with Crippen LogP contribution >= 0.6 is 11.8 Å². The van der Waals surface area contributed by atoms with E-state index in [0.29, 0.717) is 5.16 Å². The summed E-state index contributed by atoms with van der Waals surface area (Å²) in [6, 6.07) is 16.2. The molecule has 6 nitrogen and oxygen atoms in total. The van der Waals surface area contributed by atoms with Gasteiger partial charge in [-0.1, -0.05) is 42.1 Å². The van der Waals surface area contributed by atoms with Crippen LogP contribution in [0.25, 0.3) is 5.69 Å². The molecule has 1 fully saturated rings. The fraction of sp³-hybridized carbons (Fsp3) is 0.348. The summed E-state index contributed by atoms with van der Waals surface area (Å²) in [5.41, 5.74) is 1.66. The fourth-order valence-electron chi connectivity index (χ4n) is 3.20. The molecule has 1 aliphatic rings. The number of benzene rings is 2. The van der Waals surface area contributed by atoms with Gasteiger partial charge < -0.3 is 5.32 Å². The second kappa shape index (κ2) is 9.20. The van der Waals surface area contributed by atoms with Crippen LogP contribution in [0.1, 0.15) is 42.4 Å². The van der Waals surface area contributed by atoms with Crippen LogP contribution in [-0.2, 0) is 4.79 Å². The third kappa shape index (κ3) is 4.97. The molecule has 8 heteroatoms. The summed E-state index contributed by atoms with van der Waals surface area (Å²) in [5.74, 6) is 0.391. The van der Waals surface area contributed by atoms with Crippen LogP contribution in [0.5, 0.6) is 0 Å². The molecule has 2 atom stereocenters. The van der Waals surface area contributed by atoms with Crippen LogP contribution in [0, 0.1) is 5.82 Å². The molecule has 4 rings (SSSR count). The standard InChI is InChI=1S/C23H26FN5OS/c1-15(28(2)3)21-26-27-23(29(21)19-13-9-17(24)10-14-19)31-20(16-7-5-4-6-8-16)22(30)25-18-11-12-18/h4-10,13-15,18,20H,11-12H2,1-3H3,(H,25,30). The fourth-order valence-corrected chi connectivity index (χ4v) is 4.27. The number of amides is 1. The zero-order valence-corrected chi connectivity index (χ0v) is 18.6. The van der Waals surface area contributed by atoms with E-state index in [-0.39, 0.29) is 23.8 Å². The number of halogens is 1. The van der Waals surface area contributed by atoms with Crippen molar-refractivity contribution in [2.24, 2.45) is 0 Å². The number of hydrogen-bond acceptors (Lipinski definition) is 5. The number of carbonyl (C=O) groups is 1. The molecule has 1 aromatic heterocycles. The molecular weight excluding hydrogens is 413 g/mol. The Morgan fingerprint density at radius 2 is 1.81 bits per heavy atom. The lowest BCUT2D eigenvalue weighted by molar-refractivity contribution is -0.120. The predicted molar refractivity (Wildman–Crippen MR) is 120 cm³/mol. The molecule has 31 heavy (non-hydrogen) atoms. The quantitative estimate of drug-likeness (QED) is 0.535. The highest BCUT2D eigenvalue weighted by Crippen LogP contribution is 2.38. The molecule has 1 heterocycles. The summed E-state index contributed by atoms with van der Waals surface area (Å²) in [4.78, 5) is 15.1. The van der Waals surface area contributed by atoms with Crippen molar-refractivity contribution in [2.75, 3.05) is 14.1 Å². The number of thioether (sulfide) groups is 1. The zero-order valence-electron chi connectivity index (χ0n) is 17.8. The minimum atomic E-state index is -0.465. The maximum Gasteiger partial charge on any atom is 0.238 e. The van der Waals surface area contributed by atoms with Gasteiger partial charge in [0.25, 0.3) is 0 Å². The van der Waals surface area contributed by atoms with E-state index in [1.807, 2.05) is 60.8 Å². The number of hydrogen-bond donors (Lipinski definition) is 1. The summed E-state index contributed by atoms with van der Waals surface area (Å²) < 4.78 is 15.5. The highest BCUT2D eigenvalue weighted by atomic mass is 32.2. The molecule has 0 spiro atoms. The molecular formula is C23H26FN5OS. The Hall–Kier alpha value is -2.71. The van der Waals surface area contributed by atoms with Gasteiger partial charge in [0.15, 0.2) is 11.0 Å². The van der Waals surface area contributed by atoms with Crippen LogP contribution in [0.15, 0.2) is 59.8 Å². The van der Waals surface area contributed by atoms with Gasteiger partial charge in [-0.2, -0.15) is 0 Å². The van der Waals surface area contributed by atoms with Gasteiger partial charge in [0, 0.05) is 11.7 Å². The first-order valence-corrected chi connectivity index (χ1v) is 11.2. The Labute approximate surface area is 185 Å². The van der Waals surface area contributed by atoms with Gasteiger partial charge in [0.1, 0.15) is 11.1 Å². The Morgan fingerprint density at radius 1 is 1.13 bits per heavy atom. The molecule has 3 aromatic rings. The van der Waals surface area contributed by atoms with E-state index >= 15 is 0 Å². The second-order valence-electron chi connectivity index (χ2n) is 7.98. The Morgan fingerprint density at radius 3 is 2.42 bits per heavy atom. The van der Waals surface area contributed by atoms with Crippen LogP contribution in [0.2, 0.25) is 0 Å². The van der Waals surface area contributed by atoms with Crippen molar-refractivity contribution >= 4 is 17.7 Å². The van der Waals surface area contributed by atoms with E-state index in [4.69, 9.17) is 0 Å². The second-order valence-corrected chi connectivity index (χ2v) is 9.06. The molecule has 1 amide bonds. The van der Waals surface area contributed by atoms with Gasteiger partial charge in [-0.15, -0.1) is 10.2 Å². The highest BCUT2D eigenvalue weighted by molar-refractivity contribution is 8.00. The number of nitrogens with zero attached hydrogens (tertiary/aromatic N) is 4. The van der Waals surface area contributed by atoms with E-state index in [1.54, 1.807) is 12.1 Å². The molecule has 0 aliphatic heterocycles. The van der Waals surface area contributed by atoms with Crippen LogP contribution in [-0.4, -0.2) is 45.7 Å². The maximum absolute atomic E-state index is 13.6. The first kappa shape index (κ1) is 21.5. The SMILES string of the molecule is CC(c1nnc(SC(C(=O)NC2CC2)c2ccccc2)n1-c1ccc(F)cc1)N(C)C. The Balaban J connectivity index is 1.74. The lowest BCUT2D eigenvalue weighted by Crippen LogP contribution is -2.30. The molecule has 162 valence electrons. The van der Waals surface area contributed by atoms with Gasteiger partial charge in [-0.25, -0.2) is 4.39 Å². The molecule has 2 aromatic carbocycles. The first-order valence-electron chi connectivity index (χ1n) is 10.3. The number of nitrogens with one attached hydrogen (secondary N) is 1. The predicted octanol–water partition coefficient (Wildman–Crippen LogP) is 4.14. The van der Waals surface area contributed by atoms with Crippen molar-refractivity contribution in [3.63, 3.8) is 0 Å². The topological polar surface area (TPSA) is 63.1 Å². The van der Waals surface area contributed by atoms with Crippen molar-refractivity contribution in [2.45, 2.75) is 42.3 Å². The molecule has 1 N–H and O–H groups in total. The molecule has 1 saturated carbocycles. The maximum atomic E-state index is 13.6. The van der Waals surface area contributed by atoms with E-state index in [1.165, 1.54) is 23.9 Å². The summed E-state index contributed by atoms with van der Waals surface area (Å²) in [6.45, 7) is 2.03. The Kier molecular flexibility index (Phi) is 6.38. The first-order chi connectivity index (χ1) is 14.9. The average molecular weight is 440 g/mol. The third-order valence-electron chi connectivity index (χ3n) is 5.38. The Bertz CT molecular complexity index is 1030. The van der Waals surface area contributed by atoms with Crippen LogP contribution < -0.4 is 5.32 Å². The van der Waals surface area contributed by atoms with E-state index < -0.39 is 5.25 Å². The molecule has 1 aliphatic carbocycles. The van der Waals surface area contributed by atoms with E-state index in [9.17, 15) is 9.18 Å². The highest BCUT2D eigenvalue weighted by Gasteiger charge is 2.31. The summed E-state index contributed by atoms with van der Waals surface area (Å²) in [6.07, 6.45) is 2.04. The van der Waals surface area contributed by atoms with E-state index in [2.05, 4.69) is 15.5 Å². The molecule has 0 saturated heterocycles. The minimum Gasteiger partial charge on any atom is -0.352 e. The number of carbonyl (C=O) groups excluding carboxylic acids is 1. The lowest BCUT2D eigenvalue weighted by atomic mass is 10.1. The van der Waals surface area contributed by atoms with Crippen molar-refractivity contribution in [3.05, 3.63) is 71.8 Å². The normalized spacial score (nSPS) is 15.6. The van der Waals surface area contributed by atoms with Crippen molar-refractivity contribution in [1.29, 1.82) is 0 Å². The van der Waals surface area contributed by atoms with Crippen LogP contribution in [0.3, 0.4) is 0 Å². The largest absolute Gasteiger partial charge is 0.352 e. The monoisotopic (exact) mass is 439 g/mol. The minimum absolute atomic E-state index is 0.0256. The molecule has 0 radical (unpaired) electrons. The van der Waals surface area contributed by atoms with Gasteiger partial charge in [-0.3, -0.25) is 14.3 Å². The van der Waals surface area contributed by atoms with Crippen molar-refractivity contribution < 1.29 is 9.18 Å². The van der Waals surface area contributed by atoms with Gasteiger partial charge in [0.2, 0.25) is 5.91 Å². The third-order valence-corrected chi connectivity index (χ3v) is 6.58.